The molecule has 0 aliphatic heterocycles. The van der Waals surface area contributed by atoms with Gasteiger partial charge in [0, 0.05) is 23.9 Å². The number of rotatable bonds is 4. The molecule has 0 amide bonds. The highest BCUT2D eigenvalue weighted by molar-refractivity contribution is 5.97. The Morgan fingerprint density at radius 3 is 2.36 bits per heavy atom. The summed E-state index contributed by atoms with van der Waals surface area (Å²) in [6.07, 6.45) is -0.00759. The molecule has 1 atom stereocenters. The van der Waals surface area contributed by atoms with E-state index in [4.69, 9.17) is 0 Å². The van der Waals surface area contributed by atoms with Crippen LogP contribution in [0.4, 0.5) is 0 Å². The average molecular weight is 191 g/mol. The first-order valence-electron chi connectivity index (χ1n) is 4.40. The lowest BCUT2D eigenvalue weighted by atomic mass is 10.0. The van der Waals surface area contributed by atoms with E-state index in [2.05, 4.69) is 0 Å². The summed E-state index contributed by atoms with van der Waals surface area (Å²) in [5.74, 6) is -2.08. The topological polar surface area (TPSA) is 57.2 Å². The number of ketones is 1. The van der Waals surface area contributed by atoms with Crippen molar-refractivity contribution in [3.8, 4) is 0 Å². The first-order chi connectivity index (χ1) is 6.61. The van der Waals surface area contributed by atoms with Gasteiger partial charge in [-0.15, -0.1) is 0 Å². The standard InChI is InChI=1S/C11H12O3/c1-8(11(13)14)7-10(12)9-5-3-2-4-6-9/h2-6,8H,7H2,1H3,(H,13,14)/p-1/t8-/m0/s1. The van der Waals surface area contributed by atoms with E-state index in [0.717, 1.165) is 0 Å². The number of carboxylic acids is 1. The van der Waals surface area contributed by atoms with Crippen LogP contribution in [0.25, 0.3) is 0 Å². The Bertz CT molecular complexity index is 330. The third-order valence-electron chi connectivity index (χ3n) is 1.99. The molecule has 0 saturated heterocycles. The Hall–Kier alpha value is -1.64. The van der Waals surface area contributed by atoms with Gasteiger partial charge in [-0.25, -0.2) is 0 Å². The van der Waals surface area contributed by atoms with Crippen LogP contribution in [-0.2, 0) is 4.79 Å². The van der Waals surface area contributed by atoms with Crippen molar-refractivity contribution in [3.63, 3.8) is 0 Å². The van der Waals surface area contributed by atoms with Crippen LogP contribution in [0.2, 0.25) is 0 Å². The van der Waals surface area contributed by atoms with Gasteiger partial charge in [0.25, 0.3) is 0 Å². The molecule has 0 N–H and O–H groups in total. The summed E-state index contributed by atoms with van der Waals surface area (Å²) < 4.78 is 0. The van der Waals surface area contributed by atoms with Crippen LogP contribution < -0.4 is 5.11 Å². The second kappa shape index (κ2) is 4.56. The van der Waals surface area contributed by atoms with Crippen LogP contribution in [0.1, 0.15) is 23.7 Å². The molecule has 1 aromatic carbocycles. The van der Waals surface area contributed by atoms with Crippen molar-refractivity contribution in [2.24, 2.45) is 5.92 Å². The van der Waals surface area contributed by atoms with E-state index in [9.17, 15) is 14.7 Å². The second-order valence-electron chi connectivity index (χ2n) is 3.21. The third-order valence-corrected chi connectivity index (χ3v) is 1.99. The molecule has 74 valence electrons. The summed E-state index contributed by atoms with van der Waals surface area (Å²) in [6, 6.07) is 8.64. The zero-order valence-electron chi connectivity index (χ0n) is 7.90. The van der Waals surface area contributed by atoms with Crippen LogP contribution in [0.3, 0.4) is 0 Å². The molecule has 0 bridgehead atoms. The van der Waals surface area contributed by atoms with Crippen LogP contribution in [0.15, 0.2) is 30.3 Å². The van der Waals surface area contributed by atoms with E-state index in [1.165, 1.54) is 6.92 Å². The van der Waals surface area contributed by atoms with Crippen molar-refractivity contribution >= 4 is 11.8 Å². The Kier molecular flexibility index (Phi) is 3.40. The van der Waals surface area contributed by atoms with E-state index in [-0.39, 0.29) is 12.2 Å². The molecule has 0 spiro atoms. The van der Waals surface area contributed by atoms with Crippen LogP contribution in [0, 0.1) is 5.92 Å². The molecule has 3 heteroatoms. The van der Waals surface area contributed by atoms with Gasteiger partial charge < -0.3 is 9.90 Å². The molecule has 0 aliphatic rings. The van der Waals surface area contributed by atoms with Gasteiger partial charge in [-0.3, -0.25) is 4.79 Å². The maximum absolute atomic E-state index is 11.5. The van der Waals surface area contributed by atoms with Crippen molar-refractivity contribution in [2.45, 2.75) is 13.3 Å². The summed E-state index contributed by atoms with van der Waals surface area (Å²) in [5, 5.41) is 10.4. The highest BCUT2D eigenvalue weighted by Crippen LogP contribution is 2.08. The predicted octanol–water partition coefficient (Wildman–Crippen LogP) is 0.645. The molecular weight excluding hydrogens is 180 g/mol. The Morgan fingerprint density at radius 1 is 1.29 bits per heavy atom. The molecule has 0 heterocycles. The van der Waals surface area contributed by atoms with Gasteiger partial charge in [0.15, 0.2) is 5.78 Å². The number of hydrogen-bond donors (Lipinski definition) is 0. The van der Waals surface area contributed by atoms with Crippen LogP contribution in [0.5, 0.6) is 0 Å². The minimum atomic E-state index is -1.19. The Balaban J connectivity index is 2.64. The molecule has 1 rings (SSSR count). The summed E-state index contributed by atoms with van der Waals surface area (Å²) in [6.45, 7) is 1.47. The van der Waals surface area contributed by atoms with Gasteiger partial charge in [0.05, 0.1) is 0 Å². The highest BCUT2D eigenvalue weighted by atomic mass is 16.4. The summed E-state index contributed by atoms with van der Waals surface area (Å²) in [4.78, 5) is 21.9. The second-order valence-corrected chi connectivity index (χ2v) is 3.21. The molecule has 0 aromatic heterocycles. The zero-order valence-corrected chi connectivity index (χ0v) is 7.90. The summed E-state index contributed by atoms with van der Waals surface area (Å²) in [5.41, 5.74) is 0.542. The third kappa shape index (κ3) is 2.69. The molecule has 3 nitrogen and oxygen atoms in total. The lowest BCUT2D eigenvalue weighted by Gasteiger charge is -2.10. The SMILES string of the molecule is C[C@@H](CC(=O)c1ccccc1)C(=O)[O-]. The molecule has 0 saturated carbocycles. The van der Waals surface area contributed by atoms with Gasteiger partial charge in [-0.1, -0.05) is 37.3 Å². The fourth-order valence-electron chi connectivity index (χ4n) is 1.10. The van der Waals surface area contributed by atoms with Gasteiger partial charge in [0.1, 0.15) is 0 Å². The summed E-state index contributed by atoms with van der Waals surface area (Å²) in [7, 11) is 0. The minimum Gasteiger partial charge on any atom is -0.550 e. The molecule has 14 heavy (non-hydrogen) atoms. The fraction of sp³-hybridized carbons (Fsp3) is 0.273. The number of Topliss-reactive ketones (excluding diaryl/α,β-unsaturated/α-hetero) is 1. The molecule has 1 aromatic rings. The Morgan fingerprint density at radius 2 is 1.86 bits per heavy atom. The number of aliphatic carboxylic acids is 1. The van der Waals surface area contributed by atoms with E-state index >= 15 is 0 Å². The van der Waals surface area contributed by atoms with Crippen LogP contribution in [-0.4, -0.2) is 11.8 Å². The normalized spacial score (nSPS) is 12.1. The zero-order chi connectivity index (χ0) is 10.6. The number of hydrogen-bond acceptors (Lipinski definition) is 3. The predicted molar refractivity (Wildman–Crippen MR) is 49.6 cm³/mol. The van der Waals surface area contributed by atoms with Gasteiger partial charge in [-0.05, 0) is 0 Å². The molecule has 0 radical (unpaired) electrons. The van der Waals surface area contributed by atoms with E-state index in [1.54, 1.807) is 30.3 Å². The van der Waals surface area contributed by atoms with Crippen molar-refractivity contribution < 1.29 is 14.7 Å². The minimum absolute atomic E-state index is 0.00759. The van der Waals surface area contributed by atoms with Gasteiger partial charge in [0.2, 0.25) is 0 Å². The van der Waals surface area contributed by atoms with E-state index in [1.807, 2.05) is 0 Å². The van der Waals surface area contributed by atoms with E-state index < -0.39 is 11.9 Å². The summed E-state index contributed by atoms with van der Waals surface area (Å²) >= 11 is 0. The maximum Gasteiger partial charge on any atom is 0.163 e. The lowest BCUT2D eigenvalue weighted by molar-refractivity contribution is -0.310. The van der Waals surface area contributed by atoms with Crippen molar-refractivity contribution in [1.82, 2.24) is 0 Å². The van der Waals surface area contributed by atoms with Crippen molar-refractivity contribution in [3.05, 3.63) is 35.9 Å². The number of benzene rings is 1. The fourth-order valence-corrected chi connectivity index (χ4v) is 1.10. The largest absolute Gasteiger partial charge is 0.550 e. The first-order valence-corrected chi connectivity index (χ1v) is 4.40. The Labute approximate surface area is 82.4 Å². The highest BCUT2D eigenvalue weighted by Gasteiger charge is 2.11. The van der Waals surface area contributed by atoms with Gasteiger partial charge >= 0.3 is 0 Å². The smallest absolute Gasteiger partial charge is 0.163 e. The number of carbonyl (C=O) groups excluding carboxylic acids is 2. The molecular formula is C11H11O3-. The molecule has 0 aliphatic carbocycles. The average Bonchev–Trinajstić information content (AvgIpc) is 2.19. The van der Waals surface area contributed by atoms with E-state index in [0.29, 0.717) is 5.56 Å². The maximum atomic E-state index is 11.5. The number of carboxylic acid groups (broad SMARTS) is 1. The lowest BCUT2D eigenvalue weighted by Crippen LogP contribution is -2.30. The first kappa shape index (κ1) is 10.4. The van der Waals surface area contributed by atoms with Crippen molar-refractivity contribution in [2.75, 3.05) is 0 Å². The molecule has 0 unspecified atom stereocenters. The quantitative estimate of drug-likeness (QED) is 0.656. The van der Waals surface area contributed by atoms with Crippen molar-refractivity contribution in [1.29, 1.82) is 0 Å². The monoisotopic (exact) mass is 191 g/mol. The molecule has 0 fully saturated rings. The number of carbonyl (C=O) groups is 2. The van der Waals surface area contributed by atoms with Gasteiger partial charge in [-0.2, -0.15) is 0 Å². The van der Waals surface area contributed by atoms with Crippen LogP contribution >= 0.6 is 0 Å².